The summed E-state index contributed by atoms with van der Waals surface area (Å²) in [4.78, 5) is 23.5. The Hall–Kier alpha value is -3.30. The van der Waals surface area contributed by atoms with Gasteiger partial charge in [0.2, 0.25) is 15.9 Å². The van der Waals surface area contributed by atoms with E-state index in [1.807, 2.05) is 6.07 Å². The van der Waals surface area contributed by atoms with E-state index in [9.17, 15) is 18.0 Å². The van der Waals surface area contributed by atoms with Crippen molar-refractivity contribution in [3.05, 3.63) is 72.6 Å². The van der Waals surface area contributed by atoms with E-state index in [2.05, 4.69) is 15.1 Å². The number of carbonyl (C=O) groups is 2. The van der Waals surface area contributed by atoms with E-state index in [0.717, 1.165) is 5.69 Å². The van der Waals surface area contributed by atoms with Crippen molar-refractivity contribution in [3.8, 4) is 5.69 Å². The maximum atomic E-state index is 12.3. The quantitative estimate of drug-likeness (QED) is 0.552. The Morgan fingerprint density at radius 2 is 1.83 bits per heavy atom. The summed E-state index contributed by atoms with van der Waals surface area (Å²) in [5.74, 6) is -0.465. The van der Waals surface area contributed by atoms with Crippen molar-refractivity contribution in [1.82, 2.24) is 14.5 Å². The number of ketones is 1. The monoisotopic (exact) mass is 412 g/mol. The lowest BCUT2D eigenvalue weighted by molar-refractivity contribution is -0.116. The highest BCUT2D eigenvalue weighted by Gasteiger charge is 2.15. The molecule has 8 nitrogen and oxygen atoms in total. The Morgan fingerprint density at radius 1 is 1.07 bits per heavy atom. The number of aromatic nitrogens is 2. The van der Waals surface area contributed by atoms with E-state index < -0.39 is 10.0 Å². The van der Waals surface area contributed by atoms with Gasteiger partial charge in [0.15, 0.2) is 5.78 Å². The summed E-state index contributed by atoms with van der Waals surface area (Å²) in [6, 6.07) is 14.6. The van der Waals surface area contributed by atoms with Crippen LogP contribution in [0.4, 0.5) is 5.69 Å². The molecule has 1 amide bonds. The number of nitrogens with zero attached hydrogens (tertiary/aromatic N) is 2. The average molecular weight is 412 g/mol. The number of rotatable bonds is 8. The SMILES string of the molecule is CC(=O)c1ccc(S(=O)(=O)NCCC(=O)Nc2cccc(-n3cccn3)c2)cc1. The van der Waals surface area contributed by atoms with E-state index in [-0.39, 0.29) is 29.6 Å². The summed E-state index contributed by atoms with van der Waals surface area (Å²) in [5, 5.41) is 6.87. The van der Waals surface area contributed by atoms with Gasteiger partial charge in [-0.2, -0.15) is 5.10 Å². The Labute approximate surface area is 168 Å². The fraction of sp³-hybridized carbons (Fsp3) is 0.150. The predicted molar refractivity (Wildman–Crippen MR) is 108 cm³/mol. The van der Waals surface area contributed by atoms with Crippen LogP contribution in [-0.2, 0) is 14.8 Å². The minimum absolute atomic E-state index is 0.0310. The topological polar surface area (TPSA) is 110 Å². The number of sulfonamides is 1. The molecule has 0 fully saturated rings. The van der Waals surface area contributed by atoms with Gasteiger partial charge >= 0.3 is 0 Å². The standard InChI is InChI=1S/C20H20N4O4S/c1-15(25)16-6-8-19(9-7-16)29(27,28)22-12-10-20(26)23-17-4-2-5-18(14-17)24-13-3-11-21-24/h2-9,11,13-14,22H,10,12H2,1H3,(H,23,26). The fourth-order valence-corrected chi connectivity index (χ4v) is 3.65. The van der Waals surface area contributed by atoms with Gasteiger partial charge < -0.3 is 5.32 Å². The summed E-state index contributed by atoms with van der Waals surface area (Å²) < 4.78 is 28.6. The van der Waals surface area contributed by atoms with Crippen LogP contribution in [0.3, 0.4) is 0 Å². The highest BCUT2D eigenvalue weighted by Crippen LogP contribution is 2.14. The van der Waals surface area contributed by atoms with Gasteiger partial charge in [-0.25, -0.2) is 17.8 Å². The van der Waals surface area contributed by atoms with Gasteiger partial charge in [0, 0.05) is 36.6 Å². The van der Waals surface area contributed by atoms with Gasteiger partial charge in [-0.1, -0.05) is 18.2 Å². The van der Waals surface area contributed by atoms with Gasteiger partial charge in [-0.3, -0.25) is 9.59 Å². The summed E-state index contributed by atoms with van der Waals surface area (Å²) >= 11 is 0. The van der Waals surface area contributed by atoms with Gasteiger partial charge in [0.1, 0.15) is 0 Å². The number of amides is 1. The third-order valence-electron chi connectivity index (χ3n) is 4.11. The van der Waals surface area contributed by atoms with Crippen LogP contribution in [-0.4, -0.2) is 36.4 Å². The van der Waals surface area contributed by atoms with E-state index in [1.54, 1.807) is 41.3 Å². The Kier molecular flexibility index (Phi) is 6.20. The van der Waals surface area contributed by atoms with Gasteiger partial charge in [-0.15, -0.1) is 0 Å². The Bertz CT molecular complexity index is 1110. The molecular weight excluding hydrogens is 392 g/mol. The second-order valence-electron chi connectivity index (χ2n) is 6.28. The minimum atomic E-state index is -3.76. The first-order valence-corrected chi connectivity index (χ1v) is 10.3. The molecule has 3 aromatic rings. The molecule has 0 radical (unpaired) electrons. The van der Waals surface area contributed by atoms with Crippen molar-refractivity contribution >= 4 is 27.4 Å². The molecule has 0 saturated carbocycles. The van der Waals surface area contributed by atoms with Gasteiger partial charge in [-0.05, 0) is 43.3 Å². The second kappa shape index (κ2) is 8.80. The van der Waals surface area contributed by atoms with Crippen molar-refractivity contribution < 1.29 is 18.0 Å². The van der Waals surface area contributed by atoms with E-state index in [1.165, 1.54) is 31.2 Å². The van der Waals surface area contributed by atoms with Gasteiger partial charge in [0.05, 0.1) is 10.6 Å². The first-order chi connectivity index (χ1) is 13.8. The van der Waals surface area contributed by atoms with Crippen molar-refractivity contribution in [2.75, 3.05) is 11.9 Å². The number of anilines is 1. The molecule has 2 aromatic carbocycles. The fourth-order valence-electron chi connectivity index (χ4n) is 2.62. The zero-order valence-electron chi connectivity index (χ0n) is 15.7. The van der Waals surface area contributed by atoms with Crippen molar-refractivity contribution in [2.45, 2.75) is 18.2 Å². The van der Waals surface area contributed by atoms with Crippen molar-refractivity contribution in [3.63, 3.8) is 0 Å². The first kappa shape index (κ1) is 20.4. The molecule has 9 heteroatoms. The van der Waals surface area contributed by atoms with Crippen molar-refractivity contribution in [2.24, 2.45) is 0 Å². The van der Waals surface area contributed by atoms with E-state index in [4.69, 9.17) is 0 Å². The van der Waals surface area contributed by atoms with E-state index in [0.29, 0.717) is 11.3 Å². The lowest BCUT2D eigenvalue weighted by Crippen LogP contribution is -2.27. The molecule has 0 atom stereocenters. The molecule has 0 unspecified atom stereocenters. The maximum Gasteiger partial charge on any atom is 0.240 e. The number of nitrogens with one attached hydrogen (secondary N) is 2. The number of hydrogen-bond donors (Lipinski definition) is 2. The molecule has 0 saturated heterocycles. The largest absolute Gasteiger partial charge is 0.326 e. The second-order valence-corrected chi connectivity index (χ2v) is 8.04. The van der Waals surface area contributed by atoms with Gasteiger partial charge in [0.25, 0.3) is 0 Å². The number of benzene rings is 2. The van der Waals surface area contributed by atoms with Crippen LogP contribution in [0, 0.1) is 0 Å². The third-order valence-corrected chi connectivity index (χ3v) is 5.59. The van der Waals surface area contributed by atoms with Crippen LogP contribution >= 0.6 is 0 Å². The molecule has 0 spiro atoms. The predicted octanol–water partition coefficient (Wildman–Crippen LogP) is 2.38. The lowest BCUT2D eigenvalue weighted by Gasteiger charge is -2.09. The highest BCUT2D eigenvalue weighted by atomic mass is 32.2. The minimum Gasteiger partial charge on any atom is -0.326 e. The van der Waals surface area contributed by atoms with Crippen LogP contribution in [0.5, 0.6) is 0 Å². The molecule has 1 aromatic heterocycles. The summed E-state index contributed by atoms with van der Waals surface area (Å²) in [5.41, 5.74) is 1.81. The molecule has 0 aliphatic rings. The number of hydrogen-bond acceptors (Lipinski definition) is 5. The molecule has 150 valence electrons. The summed E-state index contributed by atoms with van der Waals surface area (Å²) in [6.07, 6.45) is 3.42. The van der Waals surface area contributed by atoms with Crippen LogP contribution in [0.15, 0.2) is 71.9 Å². The summed E-state index contributed by atoms with van der Waals surface area (Å²) in [6.45, 7) is 1.35. The molecule has 2 N–H and O–H groups in total. The van der Waals surface area contributed by atoms with E-state index >= 15 is 0 Å². The van der Waals surface area contributed by atoms with Crippen LogP contribution in [0.1, 0.15) is 23.7 Å². The van der Waals surface area contributed by atoms with Crippen LogP contribution in [0.25, 0.3) is 5.69 Å². The number of Topliss-reactive ketones (excluding diaryl/α,β-unsaturated/α-hetero) is 1. The molecule has 1 heterocycles. The average Bonchev–Trinajstić information content (AvgIpc) is 3.23. The highest BCUT2D eigenvalue weighted by molar-refractivity contribution is 7.89. The number of carbonyl (C=O) groups excluding carboxylic acids is 2. The zero-order chi connectivity index (χ0) is 20.9. The van der Waals surface area contributed by atoms with Crippen LogP contribution in [0.2, 0.25) is 0 Å². The smallest absolute Gasteiger partial charge is 0.240 e. The molecular formula is C20H20N4O4S. The Morgan fingerprint density at radius 3 is 2.48 bits per heavy atom. The molecule has 0 aliphatic carbocycles. The maximum absolute atomic E-state index is 12.3. The molecule has 3 rings (SSSR count). The molecule has 0 bridgehead atoms. The third kappa shape index (κ3) is 5.37. The lowest BCUT2D eigenvalue weighted by atomic mass is 10.2. The van der Waals surface area contributed by atoms with Crippen molar-refractivity contribution in [1.29, 1.82) is 0 Å². The van der Waals surface area contributed by atoms with Crippen LogP contribution < -0.4 is 10.0 Å². The Balaban J connectivity index is 1.54. The molecule has 29 heavy (non-hydrogen) atoms. The summed E-state index contributed by atoms with van der Waals surface area (Å²) in [7, 11) is -3.76. The normalized spacial score (nSPS) is 11.2. The first-order valence-electron chi connectivity index (χ1n) is 8.86. The zero-order valence-corrected chi connectivity index (χ0v) is 16.5. The molecule has 0 aliphatic heterocycles.